The van der Waals surface area contributed by atoms with Crippen LogP contribution < -0.4 is 5.32 Å². The third-order valence-electron chi connectivity index (χ3n) is 3.02. The van der Waals surface area contributed by atoms with E-state index in [0.717, 1.165) is 0 Å². The van der Waals surface area contributed by atoms with Gasteiger partial charge in [0.1, 0.15) is 11.5 Å². The second kappa shape index (κ2) is 7.42. The Hall–Kier alpha value is -2.18. The molecule has 1 N–H and O–H groups in total. The van der Waals surface area contributed by atoms with Crippen molar-refractivity contribution in [3.63, 3.8) is 0 Å². The van der Waals surface area contributed by atoms with Gasteiger partial charge in [0.25, 0.3) is 5.69 Å². The number of nitrogens with zero attached hydrogens (tertiary/aromatic N) is 3. The van der Waals surface area contributed by atoms with Crippen LogP contribution in [0.1, 0.15) is 26.0 Å². The molecule has 0 fully saturated rings. The largest absolute Gasteiger partial charge is 0.370 e. The predicted octanol–water partition coefficient (Wildman–Crippen LogP) is 1.97. The van der Waals surface area contributed by atoms with Crippen LogP contribution in [-0.4, -0.2) is 40.3 Å². The maximum Gasteiger partial charge on any atom is 0.290 e. The number of hydrogen-bond donors (Lipinski definition) is 1. The molecule has 0 unspecified atom stereocenters. The van der Waals surface area contributed by atoms with Gasteiger partial charge >= 0.3 is 0 Å². The van der Waals surface area contributed by atoms with Gasteiger partial charge in [-0.3, -0.25) is 14.9 Å². The van der Waals surface area contributed by atoms with Gasteiger partial charge < -0.3 is 10.2 Å². The van der Waals surface area contributed by atoms with Crippen LogP contribution in [0, 0.1) is 17.0 Å². The van der Waals surface area contributed by atoms with Crippen molar-refractivity contribution in [2.45, 2.75) is 27.2 Å². The number of nitro groups is 1. The lowest BCUT2D eigenvalue weighted by atomic mass is 10.3. The molecule has 0 aliphatic heterocycles. The zero-order valence-electron chi connectivity index (χ0n) is 12.0. The first-order valence-corrected chi connectivity index (χ1v) is 6.63. The quantitative estimate of drug-likeness (QED) is 0.609. The number of pyridine rings is 1. The van der Waals surface area contributed by atoms with Crippen LogP contribution in [0.3, 0.4) is 0 Å². The van der Waals surface area contributed by atoms with E-state index in [1.807, 2.05) is 13.8 Å². The van der Waals surface area contributed by atoms with E-state index in [2.05, 4.69) is 10.3 Å². The summed E-state index contributed by atoms with van der Waals surface area (Å²) in [5.41, 5.74) is 0.352. The van der Waals surface area contributed by atoms with E-state index < -0.39 is 4.92 Å². The third-order valence-corrected chi connectivity index (χ3v) is 3.02. The van der Waals surface area contributed by atoms with Gasteiger partial charge in [-0.05, 0) is 26.8 Å². The molecule has 0 saturated carbocycles. The topological polar surface area (TPSA) is 88.4 Å². The zero-order chi connectivity index (χ0) is 15.1. The Labute approximate surface area is 118 Å². The minimum absolute atomic E-state index is 0.00484. The van der Waals surface area contributed by atoms with Crippen molar-refractivity contribution in [2.24, 2.45) is 0 Å². The van der Waals surface area contributed by atoms with Gasteiger partial charge in [-0.25, -0.2) is 4.98 Å². The van der Waals surface area contributed by atoms with Gasteiger partial charge in [0.2, 0.25) is 5.91 Å². The smallest absolute Gasteiger partial charge is 0.290 e. The molecule has 1 heterocycles. The summed E-state index contributed by atoms with van der Waals surface area (Å²) >= 11 is 0. The minimum Gasteiger partial charge on any atom is -0.370 e. The van der Waals surface area contributed by atoms with Gasteiger partial charge in [-0.2, -0.15) is 0 Å². The van der Waals surface area contributed by atoms with Crippen molar-refractivity contribution < 1.29 is 9.72 Å². The highest BCUT2D eigenvalue weighted by atomic mass is 16.6. The molecule has 0 aliphatic carbocycles. The number of aryl methyl sites for hydroxylation is 1. The van der Waals surface area contributed by atoms with E-state index >= 15 is 0 Å². The van der Waals surface area contributed by atoms with Crippen LogP contribution in [0.2, 0.25) is 0 Å². The number of aromatic nitrogens is 1. The molecule has 7 heteroatoms. The Morgan fingerprint density at radius 2 is 2.05 bits per heavy atom. The number of carbonyl (C=O) groups excluding carboxylic acids is 1. The lowest BCUT2D eigenvalue weighted by Crippen LogP contribution is -2.31. The monoisotopic (exact) mass is 280 g/mol. The average Bonchev–Trinajstić information content (AvgIpc) is 2.39. The summed E-state index contributed by atoms with van der Waals surface area (Å²) in [6.07, 6.45) is 0.374. The summed E-state index contributed by atoms with van der Waals surface area (Å²) in [7, 11) is 0. The van der Waals surface area contributed by atoms with Gasteiger partial charge in [-0.15, -0.1) is 0 Å². The molecular weight excluding hydrogens is 260 g/mol. The molecular formula is C13H20N4O3. The fourth-order valence-corrected chi connectivity index (χ4v) is 1.88. The first kappa shape index (κ1) is 15.9. The number of anilines is 1. The van der Waals surface area contributed by atoms with E-state index in [1.54, 1.807) is 17.9 Å². The number of amides is 1. The molecule has 110 valence electrons. The van der Waals surface area contributed by atoms with Crippen molar-refractivity contribution in [1.82, 2.24) is 9.88 Å². The van der Waals surface area contributed by atoms with Crippen molar-refractivity contribution in [3.8, 4) is 0 Å². The van der Waals surface area contributed by atoms with Crippen molar-refractivity contribution in [2.75, 3.05) is 25.0 Å². The Kier molecular flexibility index (Phi) is 5.89. The molecule has 0 atom stereocenters. The summed E-state index contributed by atoms with van der Waals surface area (Å²) in [6.45, 7) is 7.32. The predicted molar refractivity (Wildman–Crippen MR) is 76.7 cm³/mol. The average molecular weight is 280 g/mol. The zero-order valence-corrected chi connectivity index (χ0v) is 12.0. The third kappa shape index (κ3) is 4.18. The van der Waals surface area contributed by atoms with Crippen LogP contribution in [0.5, 0.6) is 0 Å². The fraction of sp³-hybridized carbons (Fsp3) is 0.538. The van der Waals surface area contributed by atoms with Crippen LogP contribution in [0.15, 0.2) is 12.1 Å². The van der Waals surface area contributed by atoms with Crippen LogP contribution in [0.4, 0.5) is 11.5 Å². The maximum atomic E-state index is 11.8. The first-order valence-electron chi connectivity index (χ1n) is 6.63. The van der Waals surface area contributed by atoms with Crippen molar-refractivity contribution >= 4 is 17.4 Å². The molecule has 0 saturated heterocycles. The van der Waals surface area contributed by atoms with Gasteiger partial charge in [0.15, 0.2) is 0 Å². The summed E-state index contributed by atoms with van der Waals surface area (Å²) in [6, 6.07) is 2.96. The maximum absolute atomic E-state index is 11.8. The Bertz CT molecular complexity index is 487. The first-order chi connectivity index (χ1) is 9.49. The summed E-state index contributed by atoms with van der Waals surface area (Å²) in [5.74, 6) is 0.626. The summed E-state index contributed by atoms with van der Waals surface area (Å²) in [5, 5.41) is 13.7. The molecule has 0 aliphatic rings. The van der Waals surface area contributed by atoms with Crippen LogP contribution in [-0.2, 0) is 4.79 Å². The molecule has 1 amide bonds. The second-order valence-corrected chi connectivity index (χ2v) is 4.30. The molecule has 1 aromatic heterocycles. The van der Waals surface area contributed by atoms with E-state index in [0.29, 0.717) is 37.6 Å². The second-order valence-electron chi connectivity index (χ2n) is 4.30. The number of rotatable bonds is 7. The standard InChI is InChI=1S/C13H20N4O3/c1-4-16(5-2)13(18)8-9-14-12-7-6-11(17(19)20)10(3)15-12/h6-7H,4-5,8-9H2,1-3H3,(H,14,15). The van der Waals surface area contributed by atoms with Crippen LogP contribution >= 0.6 is 0 Å². The number of nitrogens with one attached hydrogen (secondary N) is 1. The van der Waals surface area contributed by atoms with Crippen molar-refractivity contribution in [3.05, 3.63) is 27.9 Å². The Morgan fingerprint density at radius 3 is 2.55 bits per heavy atom. The molecule has 20 heavy (non-hydrogen) atoms. The molecule has 0 spiro atoms. The molecule has 0 bridgehead atoms. The molecule has 0 radical (unpaired) electrons. The Morgan fingerprint density at radius 1 is 1.40 bits per heavy atom. The van der Waals surface area contributed by atoms with Crippen molar-refractivity contribution in [1.29, 1.82) is 0 Å². The van der Waals surface area contributed by atoms with Gasteiger partial charge in [-0.1, -0.05) is 0 Å². The van der Waals surface area contributed by atoms with Gasteiger partial charge in [0, 0.05) is 32.1 Å². The summed E-state index contributed by atoms with van der Waals surface area (Å²) in [4.78, 5) is 27.9. The van der Waals surface area contributed by atoms with Crippen LogP contribution in [0.25, 0.3) is 0 Å². The van der Waals surface area contributed by atoms with E-state index in [1.165, 1.54) is 6.07 Å². The molecule has 1 aromatic rings. The van der Waals surface area contributed by atoms with E-state index in [4.69, 9.17) is 0 Å². The highest BCUT2D eigenvalue weighted by molar-refractivity contribution is 5.76. The highest BCUT2D eigenvalue weighted by Gasteiger charge is 2.12. The Balaban J connectivity index is 2.53. The fourth-order valence-electron chi connectivity index (χ4n) is 1.88. The van der Waals surface area contributed by atoms with E-state index in [9.17, 15) is 14.9 Å². The molecule has 7 nitrogen and oxygen atoms in total. The number of carbonyl (C=O) groups is 1. The number of hydrogen-bond acceptors (Lipinski definition) is 5. The lowest BCUT2D eigenvalue weighted by molar-refractivity contribution is -0.385. The SMILES string of the molecule is CCN(CC)C(=O)CCNc1ccc([N+](=O)[O-])c(C)n1. The molecule has 1 rings (SSSR count). The lowest BCUT2D eigenvalue weighted by Gasteiger charge is -2.18. The molecule has 0 aromatic carbocycles. The summed E-state index contributed by atoms with van der Waals surface area (Å²) < 4.78 is 0. The normalized spacial score (nSPS) is 10.2. The van der Waals surface area contributed by atoms with E-state index in [-0.39, 0.29) is 11.6 Å². The minimum atomic E-state index is -0.462. The highest BCUT2D eigenvalue weighted by Crippen LogP contribution is 2.17. The van der Waals surface area contributed by atoms with Gasteiger partial charge in [0.05, 0.1) is 4.92 Å².